The number of anilines is 2. The molecular weight excluding hydrogens is 350 g/mol. The number of hydrogen-bond donors (Lipinski definition) is 1. The lowest BCUT2D eigenvalue weighted by Gasteiger charge is -2.06. The van der Waals surface area contributed by atoms with Crippen molar-refractivity contribution < 1.29 is 0 Å². The maximum absolute atomic E-state index is 6.00. The van der Waals surface area contributed by atoms with Gasteiger partial charge in [0, 0.05) is 17.8 Å². The molecule has 4 aromatic heterocycles. The predicted molar refractivity (Wildman–Crippen MR) is 100 cm³/mol. The number of halogens is 1. The van der Waals surface area contributed by atoms with Crippen molar-refractivity contribution in [3.05, 3.63) is 72.7 Å². The summed E-state index contributed by atoms with van der Waals surface area (Å²) in [6, 6.07) is 13.7. The third kappa shape index (κ3) is 2.46. The predicted octanol–water partition coefficient (Wildman–Crippen LogP) is 3.86. The van der Waals surface area contributed by atoms with E-state index in [1.54, 1.807) is 17.0 Å². The smallest absolute Gasteiger partial charge is 0.243 e. The molecule has 1 N–H and O–H groups in total. The number of benzene rings is 1. The van der Waals surface area contributed by atoms with E-state index in [-0.39, 0.29) is 5.28 Å². The van der Waals surface area contributed by atoms with Gasteiger partial charge in [-0.1, -0.05) is 18.2 Å². The van der Waals surface area contributed by atoms with Gasteiger partial charge in [-0.25, -0.2) is 9.50 Å². The highest BCUT2D eigenvalue weighted by Crippen LogP contribution is 2.24. The molecule has 5 aromatic rings. The Kier molecular flexibility index (Phi) is 3.32. The molecule has 4 heterocycles. The molecule has 0 aliphatic rings. The first-order valence-electron chi connectivity index (χ1n) is 7.94. The fourth-order valence-corrected chi connectivity index (χ4v) is 3.11. The number of rotatable bonds is 3. The molecule has 0 amide bonds. The average Bonchev–Trinajstić information content (AvgIpc) is 3.30. The van der Waals surface area contributed by atoms with Crippen LogP contribution in [-0.2, 0) is 0 Å². The van der Waals surface area contributed by atoms with Crippen LogP contribution < -0.4 is 5.32 Å². The Bertz CT molecular complexity index is 1240. The molecule has 0 atom stereocenters. The lowest BCUT2D eigenvalue weighted by Crippen LogP contribution is -2.01. The molecule has 1 aromatic carbocycles. The standard InChI is InChI=1S/C18H12ClN7/c19-18-23-17(15-6-3-9-26(15)24-18)22-16-10-25(11-21-16)14-7-8-20-13-5-2-1-4-12(13)14/h1-11H,(H,22,23,24). The van der Waals surface area contributed by atoms with Crippen LogP contribution in [-0.4, -0.2) is 29.1 Å². The molecule has 8 heteroatoms. The molecule has 0 bridgehead atoms. The van der Waals surface area contributed by atoms with Gasteiger partial charge in [0.1, 0.15) is 17.7 Å². The van der Waals surface area contributed by atoms with Gasteiger partial charge in [0.15, 0.2) is 5.82 Å². The van der Waals surface area contributed by atoms with Crippen LogP contribution in [0.5, 0.6) is 0 Å². The van der Waals surface area contributed by atoms with Crippen molar-refractivity contribution >= 4 is 39.7 Å². The molecule has 0 radical (unpaired) electrons. The molecule has 26 heavy (non-hydrogen) atoms. The number of imidazole rings is 1. The number of aromatic nitrogens is 6. The second kappa shape index (κ2) is 5.82. The van der Waals surface area contributed by atoms with Crippen LogP contribution >= 0.6 is 11.6 Å². The first kappa shape index (κ1) is 14.9. The number of hydrogen-bond acceptors (Lipinski definition) is 5. The molecule has 0 aliphatic heterocycles. The van der Waals surface area contributed by atoms with Gasteiger partial charge in [0.05, 0.1) is 17.4 Å². The number of nitrogens with zero attached hydrogens (tertiary/aromatic N) is 6. The molecule has 0 aliphatic carbocycles. The Morgan fingerprint density at radius 1 is 1.00 bits per heavy atom. The SMILES string of the molecule is Clc1nc(Nc2cn(-c3ccnc4ccccc34)cn2)c2cccn2n1. The highest BCUT2D eigenvalue weighted by Gasteiger charge is 2.10. The molecule has 7 nitrogen and oxygen atoms in total. The Labute approximate surface area is 152 Å². The van der Waals surface area contributed by atoms with E-state index in [9.17, 15) is 0 Å². The minimum absolute atomic E-state index is 0.163. The number of para-hydroxylation sites is 1. The van der Waals surface area contributed by atoms with Gasteiger partial charge in [0.2, 0.25) is 5.28 Å². The van der Waals surface area contributed by atoms with Crippen molar-refractivity contribution in [2.45, 2.75) is 0 Å². The van der Waals surface area contributed by atoms with E-state index in [0.717, 1.165) is 22.1 Å². The van der Waals surface area contributed by atoms with Gasteiger partial charge in [0.25, 0.3) is 0 Å². The summed E-state index contributed by atoms with van der Waals surface area (Å²) >= 11 is 6.00. The van der Waals surface area contributed by atoms with Crippen molar-refractivity contribution in [1.82, 2.24) is 29.1 Å². The molecule has 0 saturated heterocycles. The van der Waals surface area contributed by atoms with Crippen LogP contribution in [0.25, 0.3) is 22.1 Å². The minimum Gasteiger partial charge on any atom is -0.322 e. The Hall–Kier alpha value is -3.45. The van der Waals surface area contributed by atoms with Crippen LogP contribution in [0.3, 0.4) is 0 Å². The topological polar surface area (TPSA) is 72.9 Å². The summed E-state index contributed by atoms with van der Waals surface area (Å²) in [5, 5.41) is 8.55. The second-order valence-electron chi connectivity index (χ2n) is 5.71. The number of fused-ring (bicyclic) bond motifs is 2. The first-order chi connectivity index (χ1) is 12.8. The second-order valence-corrected chi connectivity index (χ2v) is 6.04. The van der Waals surface area contributed by atoms with E-state index >= 15 is 0 Å². The quantitative estimate of drug-likeness (QED) is 0.528. The minimum atomic E-state index is 0.163. The van der Waals surface area contributed by atoms with Gasteiger partial charge in [-0.15, -0.1) is 5.10 Å². The lowest BCUT2D eigenvalue weighted by atomic mass is 10.2. The fraction of sp³-hybridized carbons (Fsp3) is 0. The third-order valence-corrected chi connectivity index (χ3v) is 4.26. The van der Waals surface area contributed by atoms with E-state index in [1.807, 2.05) is 59.4 Å². The zero-order chi connectivity index (χ0) is 17.5. The van der Waals surface area contributed by atoms with Crippen LogP contribution in [0.4, 0.5) is 11.6 Å². The summed E-state index contributed by atoms with van der Waals surface area (Å²) in [7, 11) is 0. The largest absolute Gasteiger partial charge is 0.322 e. The van der Waals surface area contributed by atoms with Gasteiger partial charge < -0.3 is 9.88 Å². The van der Waals surface area contributed by atoms with E-state index in [0.29, 0.717) is 11.6 Å². The summed E-state index contributed by atoms with van der Waals surface area (Å²) < 4.78 is 3.62. The van der Waals surface area contributed by atoms with E-state index in [2.05, 4.69) is 25.4 Å². The Morgan fingerprint density at radius 2 is 1.92 bits per heavy atom. The first-order valence-corrected chi connectivity index (χ1v) is 8.32. The number of nitrogens with one attached hydrogen (secondary N) is 1. The van der Waals surface area contributed by atoms with Crippen LogP contribution in [0.1, 0.15) is 0 Å². The molecule has 0 unspecified atom stereocenters. The van der Waals surface area contributed by atoms with Gasteiger partial charge in [-0.2, -0.15) is 4.98 Å². The third-order valence-electron chi connectivity index (χ3n) is 4.10. The summed E-state index contributed by atoms with van der Waals surface area (Å²) in [5.41, 5.74) is 2.76. The zero-order valence-corrected chi connectivity index (χ0v) is 14.2. The monoisotopic (exact) mass is 361 g/mol. The van der Waals surface area contributed by atoms with Crippen LogP contribution in [0, 0.1) is 0 Å². The highest BCUT2D eigenvalue weighted by atomic mass is 35.5. The molecule has 0 spiro atoms. The summed E-state index contributed by atoms with van der Waals surface area (Å²) in [4.78, 5) is 13.1. The van der Waals surface area contributed by atoms with Crippen LogP contribution in [0.15, 0.2) is 67.4 Å². The maximum atomic E-state index is 6.00. The van der Waals surface area contributed by atoms with Gasteiger partial charge in [-0.05, 0) is 35.9 Å². The normalized spacial score (nSPS) is 11.3. The molecular formula is C18H12ClN7. The Balaban J connectivity index is 1.55. The molecule has 0 fully saturated rings. The van der Waals surface area contributed by atoms with E-state index in [1.165, 1.54) is 0 Å². The van der Waals surface area contributed by atoms with Crippen molar-refractivity contribution in [3.8, 4) is 5.69 Å². The van der Waals surface area contributed by atoms with Gasteiger partial charge >= 0.3 is 0 Å². The molecule has 5 rings (SSSR count). The summed E-state index contributed by atoms with van der Waals surface area (Å²) in [5.74, 6) is 1.25. The van der Waals surface area contributed by atoms with E-state index in [4.69, 9.17) is 11.6 Å². The molecule has 126 valence electrons. The Morgan fingerprint density at radius 3 is 2.88 bits per heavy atom. The van der Waals surface area contributed by atoms with Crippen molar-refractivity contribution in [2.24, 2.45) is 0 Å². The van der Waals surface area contributed by atoms with Gasteiger partial charge in [-0.3, -0.25) is 4.98 Å². The zero-order valence-electron chi connectivity index (χ0n) is 13.4. The van der Waals surface area contributed by atoms with Crippen molar-refractivity contribution in [3.63, 3.8) is 0 Å². The summed E-state index contributed by atoms with van der Waals surface area (Å²) in [6.07, 6.45) is 7.26. The van der Waals surface area contributed by atoms with Crippen LogP contribution in [0.2, 0.25) is 5.28 Å². The highest BCUT2D eigenvalue weighted by molar-refractivity contribution is 6.28. The lowest BCUT2D eigenvalue weighted by molar-refractivity contribution is 0.907. The summed E-state index contributed by atoms with van der Waals surface area (Å²) in [6.45, 7) is 0. The molecule has 0 saturated carbocycles. The maximum Gasteiger partial charge on any atom is 0.243 e. The van der Waals surface area contributed by atoms with Crippen molar-refractivity contribution in [1.29, 1.82) is 0 Å². The van der Waals surface area contributed by atoms with Crippen molar-refractivity contribution in [2.75, 3.05) is 5.32 Å². The average molecular weight is 362 g/mol. The number of pyridine rings is 1. The van der Waals surface area contributed by atoms with E-state index < -0.39 is 0 Å². The fourth-order valence-electron chi connectivity index (χ4n) is 2.95.